The number of carbonyl (C=O) groups excluding carboxylic acids is 1. The van der Waals surface area contributed by atoms with Crippen molar-refractivity contribution in [2.75, 3.05) is 14.2 Å². The van der Waals surface area contributed by atoms with Crippen molar-refractivity contribution in [2.45, 2.75) is 37.1 Å². The number of hydrogen-bond donors (Lipinski definition) is 1. The molecule has 1 aromatic carbocycles. The maximum Gasteiger partial charge on any atom is 0.255 e. The summed E-state index contributed by atoms with van der Waals surface area (Å²) in [5.41, 5.74) is 0.473. The Labute approximate surface area is 124 Å². The van der Waals surface area contributed by atoms with E-state index in [1.54, 1.807) is 32.4 Å². The zero-order valence-electron chi connectivity index (χ0n) is 11.8. The summed E-state index contributed by atoms with van der Waals surface area (Å²) < 4.78 is 10.4. The molecule has 2 unspecified atom stereocenters. The normalized spacial score (nSPS) is 22.1. The summed E-state index contributed by atoms with van der Waals surface area (Å²) in [5, 5.41) is 3.01. The van der Waals surface area contributed by atoms with E-state index < -0.39 is 0 Å². The van der Waals surface area contributed by atoms with E-state index in [1.807, 2.05) is 0 Å². The maximum atomic E-state index is 12.4. The first kappa shape index (κ1) is 15.0. The number of amides is 1. The lowest BCUT2D eigenvalue weighted by atomic mass is 9.94. The quantitative estimate of drug-likeness (QED) is 0.869. The fourth-order valence-electron chi connectivity index (χ4n) is 2.49. The van der Waals surface area contributed by atoms with Gasteiger partial charge in [-0.1, -0.05) is 12.8 Å². The molecule has 110 valence electrons. The Kier molecular flexibility index (Phi) is 5.12. The van der Waals surface area contributed by atoms with Crippen LogP contribution in [0.15, 0.2) is 18.2 Å². The van der Waals surface area contributed by atoms with Crippen LogP contribution in [0.4, 0.5) is 0 Å². The van der Waals surface area contributed by atoms with Crippen LogP contribution in [0.5, 0.6) is 11.5 Å². The van der Waals surface area contributed by atoms with Gasteiger partial charge in [-0.15, -0.1) is 11.6 Å². The molecular weight excluding hydrogens is 278 g/mol. The average molecular weight is 298 g/mol. The van der Waals surface area contributed by atoms with E-state index in [4.69, 9.17) is 21.1 Å². The van der Waals surface area contributed by atoms with Crippen molar-refractivity contribution >= 4 is 17.5 Å². The standard InChI is InChI=1S/C15H20ClNO3/c1-19-10-7-8-14(20-2)11(9-10)15(18)17-13-6-4-3-5-12(13)16/h7-9,12-13H,3-6H2,1-2H3,(H,17,18). The van der Waals surface area contributed by atoms with Crippen LogP contribution in [-0.4, -0.2) is 31.5 Å². The third-order valence-corrected chi connectivity index (χ3v) is 4.17. The number of halogens is 1. The number of nitrogens with one attached hydrogen (secondary N) is 1. The van der Waals surface area contributed by atoms with Crippen LogP contribution in [0, 0.1) is 0 Å². The summed E-state index contributed by atoms with van der Waals surface area (Å²) in [7, 11) is 3.11. The molecule has 1 fully saturated rings. The van der Waals surface area contributed by atoms with E-state index in [9.17, 15) is 4.79 Å². The van der Waals surface area contributed by atoms with Gasteiger partial charge in [0.2, 0.25) is 0 Å². The summed E-state index contributed by atoms with van der Waals surface area (Å²) in [6.45, 7) is 0. The highest BCUT2D eigenvalue weighted by Crippen LogP contribution is 2.26. The second-order valence-electron chi connectivity index (χ2n) is 4.95. The Morgan fingerprint density at radius 2 is 2.00 bits per heavy atom. The molecule has 1 amide bonds. The lowest BCUT2D eigenvalue weighted by Crippen LogP contribution is -2.42. The van der Waals surface area contributed by atoms with Crippen LogP contribution in [0.1, 0.15) is 36.0 Å². The van der Waals surface area contributed by atoms with Crippen molar-refractivity contribution in [3.8, 4) is 11.5 Å². The Hall–Kier alpha value is -1.42. The number of ether oxygens (including phenoxy) is 2. The minimum absolute atomic E-state index is 0.00398. The predicted octanol–water partition coefficient (Wildman–Crippen LogP) is 2.98. The highest BCUT2D eigenvalue weighted by molar-refractivity contribution is 6.21. The highest BCUT2D eigenvalue weighted by atomic mass is 35.5. The summed E-state index contributed by atoms with van der Waals surface area (Å²) in [4.78, 5) is 12.4. The predicted molar refractivity (Wildman–Crippen MR) is 78.9 cm³/mol. The SMILES string of the molecule is COc1ccc(OC)c(C(=O)NC2CCCCC2Cl)c1. The fourth-order valence-corrected chi connectivity index (χ4v) is 2.83. The van der Waals surface area contributed by atoms with Crippen LogP contribution < -0.4 is 14.8 Å². The van der Waals surface area contributed by atoms with Crippen LogP contribution in [0.3, 0.4) is 0 Å². The number of rotatable bonds is 4. The molecule has 1 aliphatic carbocycles. The minimum atomic E-state index is -0.168. The zero-order valence-corrected chi connectivity index (χ0v) is 12.6. The molecule has 2 rings (SSSR count). The van der Waals surface area contributed by atoms with Crippen molar-refractivity contribution in [2.24, 2.45) is 0 Å². The summed E-state index contributed by atoms with van der Waals surface area (Å²) >= 11 is 6.28. The number of hydrogen-bond acceptors (Lipinski definition) is 3. The van der Waals surface area contributed by atoms with Crippen molar-refractivity contribution < 1.29 is 14.3 Å². The molecule has 0 spiro atoms. The monoisotopic (exact) mass is 297 g/mol. The van der Waals surface area contributed by atoms with E-state index in [0.29, 0.717) is 17.1 Å². The van der Waals surface area contributed by atoms with E-state index in [-0.39, 0.29) is 17.3 Å². The highest BCUT2D eigenvalue weighted by Gasteiger charge is 2.26. The molecule has 0 aromatic heterocycles. The summed E-state index contributed by atoms with van der Waals surface area (Å²) in [5.74, 6) is 0.991. The van der Waals surface area contributed by atoms with Gasteiger partial charge in [0.1, 0.15) is 11.5 Å². The Bertz CT molecular complexity index is 478. The van der Waals surface area contributed by atoms with Crippen LogP contribution in [-0.2, 0) is 0 Å². The van der Waals surface area contributed by atoms with E-state index in [1.165, 1.54) is 0 Å². The van der Waals surface area contributed by atoms with Gasteiger partial charge in [0.25, 0.3) is 5.91 Å². The lowest BCUT2D eigenvalue weighted by Gasteiger charge is -2.28. The molecule has 0 heterocycles. The van der Waals surface area contributed by atoms with Crippen LogP contribution in [0.25, 0.3) is 0 Å². The number of methoxy groups -OCH3 is 2. The van der Waals surface area contributed by atoms with Crippen molar-refractivity contribution in [1.29, 1.82) is 0 Å². The largest absolute Gasteiger partial charge is 0.497 e. The van der Waals surface area contributed by atoms with E-state index in [0.717, 1.165) is 25.7 Å². The molecule has 0 saturated heterocycles. The van der Waals surface area contributed by atoms with E-state index in [2.05, 4.69) is 5.32 Å². The van der Waals surface area contributed by atoms with Gasteiger partial charge >= 0.3 is 0 Å². The third kappa shape index (κ3) is 3.37. The topological polar surface area (TPSA) is 47.6 Å². The molecule has 2 atom stereocenters. The van der Waals surface area contributed by atoms with Crippen molar-refractivity contribution in [3.05, 3.63) is 23.8 Å². The molecule has 4 nitrogen and oxygen atoms in total. The number of benzene rings is 1. The fraction of sp³-hybridized carbons (Fsp3) is 0.533. The Morgan fingerprint density at radius 3 is 2.65 bits per heavy atom. The molecule has 0 aliphatic heterocycles. The molecule has 1 N–H and O–H groups in total. The molecule has 1 saturated carbocycles. The first-order valence-corrected chi connectivity index (χ1v) is 7.26. The minimum Gasteiger partial charge on any atom is -0.497 e. The lowest BCUT2D eigenvalue weighted by molar-refractivity contribution is 0.0925. The third-order valence-electron chi connectivity index (χ3n) is 3.65. The van der Waals surface area contributed by atoms with Gasteiger partial charge < -0.3 is 14.8 Å². The summed E-state index contributed by atoms with van der Waals surface area (Å²) in [6.07, 6.45) is 4.10. The van der Waals surface area contributed by atoms with Gasteiger partial charge in [-0.3, -0.25) is 4.79 Å². The molecule has 20 heavy (non-hydrogen) atoms. The van der Waals surface area contributed by atoms with Gasteiger partial charge in [-0.2, -0.15) is 0 Å². The molecular formula is C15H20ClNO3. The molecule has 0 bridgehead atoms. The Balaban J connectivity index is 2.15. The second kappa shape index (κ2) is 6.84. The molecule has 1 aliphatic rings. The second-order valence-corrected chi connectivity index (χ2v) is 5.51. The van der Waals surface area contributed by atoms with Gasteiger partial charge in [-0.05, 0) is 31.0 Å². The summed E-state index contributed by atoms with van der Waals surface area (Å²) in [6, 6.07) is 5.20. The smallest absolute Gasteiger partial charge is 0.255 e. The van der Waals surface area contributed by atoms with Gasteiger partial charge in [0, 0.05) is 6.04 Å². The van der Waals surface area contributed by atoms with Crippen LogP contribution >= 0.6 is 11.6 Å². The van der Waals surface area contributed by atoms with Gasteiger partial charge in [-0.25, -0.2) is 0 Å². The number of carbonyl (C=O) groups is 1. The number of alkyl halides is 1. The van der Waals surface area contributed by atoms with E-state index >= 15 is 0 Å². The average Bonchev–Trinajstić information content (AvgIpc) is 2.48. The van der Waals surface area contributed by atoms with Gasteiger partial charge in [0.05, 0.1) is 25.2 Å². The first-order chi connectivity index (χ1) is 9.65. The van der Waals surface area contributed by atoms with Crippen LogP contribution in [0.2, 0.25) is 0 Å². The molecule has 0 radical (unpaired) electrons. The molecule has 5 heteroatoms. The first-order valence-electron chi connectivity index (χ1n) is 6.82. The Morgan fingerprint density at radius 1 is 1.25 bits per heavy atom. The molecule has 1 aromatic rings. The van der Waals surface area contributed by atoms with Crippen molar-refractivity contribution in [1.82, 2.24) is 5.32 Å². The maximum absolute atomic E-state index is 12.4. The van der Waals surface area contributed by atoms with Gasteiger partial charge in [0.15, 0.2) is 0 Å². The van der Waals surface area contributed by atoms with Crippen molar-refractivity contribution in [3.63, 3.8) is 0 Å². The zero-order chi connectivity index (χ0) is 14.5.